The minimum atomic E-state index is -4.95. The van der Waals surface area contributed by atoms with Crippen molar-refractivity contribution in [3.05, 3.63) is 0 Å². The first-order valence-corrected chi connectivity index (χ1v) is 36.3. The molecule has 0 spiro atoms. The van der Waals surface area contributed by atoms with E-state index < -0.39 is 97.5 Å². The summed E-state index contributed by atoms with van der Waals surface area (Å²) < 4.78 is 68.0. The summed E-state index contributed by atoms with van der Waals surface area (Å²) in [5.41, 5.74) is 0. The van der Waals surface area contributed by atoms with Gasteiger partial charge in [-0.1, -0.05) is 254 Å². The number of ether oxygens (including phenoxy) is 4. The van der Waals surface area contributed by atoms with Gasteiger partial charge in [0, 0.05) is 25.7 Å². The van der Waals surface area contributed by atoms with Crippen LogP contribution in [-0.4, -0.2) is 96.7 Å². The van der Waals surface area contributed by atoms with Gasteiger partial charge in [-0.15, -0.1) is 0 Å². The molecular weight excluding hydrogens is 1100 g/mol. The highest BCUT2D eigenvalue weighted by atomic mass is 31.2. The van der Waals surface area contributed by atoms with Crippen LogP contribution in [0.15, 0.2) is 0 Å². The minimum Gasteiger partial charge on any atom is -0.462 e. The summed E-state index contributed by atoms with van der Waals surface area (Å²) >= 11 is 0. The van der Waals surface area contributed by atoms with Crippen molar-refractivity contribution >= 4 is 39.5 Å². The fourth-order valence-electron chi connectivity index (χ4n) is 9.36. The average Bonchev–Trinajstić information content (AvgIpc) is 3.44. The third-order valence-electron chi connectivity index (χ3n) is 15.3. The van der Waals surface area contributed by atoms with Crippen LogP contribution >= 0.6 is 15.6 Å². The molecule has 492 valence electrons. The monoisotopic (exact) mass is 1230 g/mol. The molecule has 19 heteroatoms. The normalized spacial score (nSPS) is 15.1. The molecule has 4 unspecified atom stereocenters. The van der Waals surface area contributed by atoms with Crippen molar-refractivity contribution in [1.82, 2.24) is 0 Å². The molecule has 0 aliphatic rings. The van der Waals surface area contributed by atoms with Crippen LogP contribution in [0.3, 0.4) is 0 Å². The van der Waals surface area contributed by atoms with Crippen molar-refractivity contribution in [2.75, 3.05) is 39.6 Å². The largest absolute Gasteiger partial charge is 0.472 e. The standard InChI is InChI=1S/C64H124O17P2/c1-9-56(7)42-34-26-18-12-14-20-31-39-47-64(69)81-60(51-75-62(67)45-37-29-23-22-27-35-43-57(8)10-2)53-79-83(72,73)77-49-58(65)48-76-82(70,71)78-52-59(50-74-61(66)44-36-28-21-15-17-25-33-41-55(5)6)80-63(68)46-38-30-19-13-11-16-24-32-40-54(3)4/h54-60,65H,9-53H2,1-8H3,(H,70,71)(H,72,73)/t56?,57?,58-,59-,60-/m1/s1. The molecule has 0 fully saturated rings. The molecule has 0 aliphatic carbocycles. The highest BCUT2D eigenvalue weighted by molar-refractivity contribution is 7.47. The summed E-state index contributed by atoms with van der Waals surface area (Å²) in [7, 11) is -9.89. The highest BCUT2D eigenvalue weighted by Crippen LogP contribution is 2.45. The second-order valence-electron chi connectivity index (χ2n) is 24.6. The Morgan fingerprint density at radius 2 is 0.578 bits per heavy atom. The second kappa shape index (κ2) is 54.2. The summed E-state index contributed by atoms with van der Waals surface area (Å²) in [6.07, 6.45) is 33.5. The van der Waals surface area contributed by atoms with Crippen molar-refractivity contribution < 1.29 is 80.2 Å². The Hall–Kier alpha value is -1.94. The van der Waals surface area contributed by atoms with Crippen LogP contribution in [0.5, 0.6) is 0 Å². The van der Waals surface area contributed by atoms with Gasteiger partial charge in [0.25, 0.3) is 0 Å². The number of unbranched alkanes of at least 4 members (excludes halogenated alkanes) is 25. The lowest BCUT2D eigenvalue weighted by molar-refractivity contribution is -0.161. The Morgan fingerprint density at radius 1 is 0.337 bits per heavy atom. The number of rotatable bonds is 61. The topological polar surface area (TPSA) is 237 Å². The molecule has 0 aromatic rings. The molecule has 0 aromatic heterocycles. The molecule has 0 bridgehead atoms. The number of hydrogen-bond donors (Lipinski definition) is 3. The lowest BCUT2D eigenvalue weighted by Crippen LogP contribution is -2.30. The van der Waals surface area contributed by atoms with Gasteiger partial charge >= 0.3 is 39.5 Å². The first-order chi connectivity index (χ1) is 39.7. The van der Waals surface area contributed by atoms with E-state index in [0.29, 0.717) is 31.6 Å². The van der Waals surface area contributed by atoms with E-state index in [1.54, 1.807) is 0 Å². The molecule has 0 heterocycles. The van der Waals surface area contributed by atoms with Gasteiger partial charge in [-0.2, -0.15) is 0 Å². The first kappa shape index (κ1) is 81.1. The smallest absolute Gasteiger partial charge is 0.462 e. The van der Waals surface area contributed by atoms with Crippen LogP contribution in [0.4, 0.5) is 0 Å². The average molecular weight is 1230 g/mol. The molecule has 0 aromatic carbocycles. The van der Waals surface area contributed by atoms with Crippen LogP contribution < -0.4 is 0 Å². The summed E-state index contributed by atoms with van der Waals surface area (Å²) in [5, 5.41) is 10.5. The van der Waals surface area contributed by atoms with Crippen molar-refractivity contribution in [3.8, 4) is 0 Å². The van der Waals surface area contributed by atoms with E-state index in [2.05, 4.69) is 55.4 Å². The van der Waals surface area contributed by atoms with Gasteiger partial charge in [-0.3, -0.25) is 37.3 Å². The van der Waals surface area contributed by atoms with E-state index in [4.69, 9.17) is 37.0 Å². The Labute approximate surface area is 505 Å². The summed E-state index contributed by atoms with van der Waals surface area (Å²) in [4.78, 5) is 72.2. The van der Waals surface area contributed by atoms with Crippen LogP contribution in [0, 0.1) is 23.7 Å². The van der Waals surface area contributed by atoms with Crippen LogP contribution in [0.2, 0.25) is 0 Å². The molecule has 83 heavy (non-hydrogen) atoms. The molecule has 0 radical (unpaired) electrons. The maximum Gasteiger partial charge on any atom is 0.472 e. The maximum atomic E-state index is 13.0. The molecule has 0 saturated carbocycles. The zero-order chi connectivity index (χ0) is 61.8. The van der Waals surface area contributed by atoms with Crippen molar-refractivity contribution in [3.63, 3.8) is 0 Å². The number of phosphoric ester groups is 2. The Bertz CT molecular complexity index is 1670. The summed E-state index contributed by atoms with van der Waals surface area (Å²) in [6.45, 7) is 14.0. The number of carbonyl (C=O) groups is 4. The zero-order valence-electron chi connectivity index (χ0n) is 53.8. The third kappa shape index (κ3) is 56.3. The molecule has 0 saturated heterocycles. The van der Waals surface area contributed by atoms with Crippen molar-refractivity contribution in [1.29, 1.82) is 0 Å². The molecule has 0 rings (SSSR count). The lowest BCUT2D eigenvalue weighted by Gasteiger charge is -2.21. The van der Waals surface area contributed by atoms with Crippen LogP contribution in [-0.2, 0) is 65.4 Å². The number of aliphatic hydroxyl groups is 1. The van der Waals surface area contributed by atoms with Gasteiger partial charge in [0.1, 0.15) is 19.3 Å². The van der Waals surface area contributed by atoms with E-state index >= 15 is 0 Å². The predicted molar refractivity (Wildman–Crippen MR) is 331 cm³/mol. The van der Waals surface area contributed by atoms with Crippen LogP contribution in [0.1, 0.15) is 306 Å². The van der Waals surface area contributed by atoms with Gasteiger partial charge < -0.3 is 33.8 Å². The molecule has 3 N–H and O–H groups in total. The van der Waals surface area contributed by atoms with Gasteiger partial charge in [0.05, 0.1) is 26.4 Å². The van der Waals surface area contributed by atoms with E-state index in [1.807, 2.05) is 0 Å². The molecule has 0 aliphatic heterocycles. The number of esters is 4. The lowest BCUT2D eigenvalue weighted by atomic mass is 9.99. The second-order valence-corrected chi connectivity index (χ2v) is 27.5. The minimum absolute atomic E-state index is 0.103. The van der Waals surface area contributed by atoms with Crippen molar-refractivity contribution in [2.24, 2.45) is 23.7 Å². The third-order valence-corrected chi connectivity index (χ3v) is 17.2. The van der Waals surface area contributed by atoms with Gasteiger partial charge in [-0.25, -0.2) is 9.13 Å². The quantitative estimate of drug-likeness (QED) is 0.0222. The SMILES string of the molecule is CCC(C)CCCCCCCCCCC(=O)O[C@H](COC(=O)CCCCCCCCC(C)CC)COP(=O)(O)OC[C@H](O)COP(=O)(O)OC[C@@H](COC(=O)CCCCCCCCCC(C)C)OC(=O)CCCCCCCCCCC(C)C. The number of aliphatic hydroxyl groups excluding tert-OH is 1. The Morgan fingerprint density at radius 3 is 0.855 bits per heavy atom. The maximum absolute atomic E-state index is 13.0. The fraction of sp³-hybridized carbons (Fsp3) is 0.938. The van der Waals surface area contributed by atoms with Gasteiger partial charge in [0.15, 0.2) is 12.2 Å². The molecule has 0 amide bonds. The van der Waals surface area contributed by atoms with Crippen LogP contribution in [0.25, 0.3) is 0 Å². The number of carbonyl (C=O) groups excluding carboxylic acids is 4. The highest BCUT2D eigenvalue weighted by Gasteiger charge is 2.30. The number of phosphoric acid groups is 2. The van der Waals surface area contributed by atoms with E-state index in [-0.39, 0.29) is 25.7 Å². The van der Waals surface area contributed by atoms with Crippen molar-refractivity contribution in [2.45, 2.75) is 324 Å². The van der Waals surface area contributed by atoms with E-state index in [1.165, 1.54) is 96.3 Å². The van der Waals surface area contributed by atoms with Gasteiger partial charge in [-0.05, 0) is 49.4 Å². The fourth-order valence-corrected chi connectivity index (χ4v) is 10.9. The molecular formula is C64H124O17P2. The Balaban J connectivity index is 5.27. The van der Waals surface area contributed by atoms with E-state index in [9.17, 15) is 43.2 Å². The first-order valence-electron chi connectivity index (χ1n) is 33.3. The summed E-state index contributed by atoms with van der Waals surface area (Å²) in [6, 6.07) is 0. The van der Waals surface area contributed by atoms with Gasteiger partial charge in [0.2, 0.25) is 0 Å². The molecule has 17 nitrogen and oxygen atoms in total. The zero-order valence-corrected chi connectivity index (χ0v) is 55.6. The van der Waals surface area contributed by atoms with E-state index in [0.717, 1.165) is 120 Å². The summed E-state index contributed by atoms with van der Waals surface area (Å²) in [5.74, 6) is 0.781. The Kier molecular flexibility index (Phi) is 53.0. The number of hydrogen-bond acceptors (Lipinski definition) is 15. The predicted octanol–water partition coefficient (Wildman–Crippen LogP) is 17.4. The molecule has 7 atom stereocenters.